The van der Waals surface area contributed by atoms with E-state index in [0.29, 0.717) is 24.2 Å². The molecule has 7 nitrogen and oxygen atoms in total. The number of sulfonamides is 1. The number of hydrogen-bond acceptors (Lipinski definition) is 4. The summed E-state index contributed by atoms with van der Waals surface area (Å²) in [4.78, 5) is 24.9. The summed E-state index contributed by atoms with van der Waals surface area (Å²) in [7, 11) is -3.66. The van der Waals surface area contributed by atoms with Crippen molar-refractivity contribution >= 4 is 21.8 Å². The van der Waals surface area contributed by atoms with Crippen LogP contribution in [0.2, 0.25) is 0 Å². The molecule has 29 heavy (non-hydrogen) atoms. The van der Waals surface area contributed by atoms with E-state index in [4.69, 9.17) is 0 Å². The number of aryl methyl sites for hydroxylation is 2. The Hall–Kier alpha value is -2.71. The number of rotatable bonds is 4. The van der Waals surface area contributed by atoms with Gasteiger partial charge in [0.05, 0.1) is 4.90 Å². The minimum atomic E-state index is -3.66. The molecule has 0 atom stereocenters. The van der Waals surface area contributed by atoms with Crippen LogP contribution in [-0.4, -0.2) is 37.6 Å². The van der Waals surface area contributed by atoms with Crippen LogP contribution in [-0.2, 0) is 10.0 Å². The molecule has 1 heterocycles. The molecular formula is C21H25N3O4S. The first-order valence-electron chi connectivity index (χ1n) is 9.58. The molecule has 0 aliphatic carbocycles. The molecule has 0 aromatic heterocycles. The van der Waals surface area contributed by atoms with Crippen LogP contribution >= 0.6 is 0 Å². The Balaban J connectivity index is 1.76. The molecular weight excluding hydrogens is 390 g/mol. The second-order valence-corrected chi connectivity index (χ2v) is 9.07. The van der Waals surface area contributed by atoms with Gasteiger partial charge in [-0.15, -0.1) is 0 Å². The average molecular weight is 416 g/mol. The van der Waals surface area contributed by atoms with Gasteiger partial charge in [-0.05, 0) is 56.0 Å². The SMILES string of the molecule is Cc1ccccc1C(=O)NNC(=O)c1ccc(C)c(S(=O)(=O)N2CCCCC2)c1. The lowest BCUT2D eigenvalue weighted by Gasteiger charge is -2.26. The maximum absolute atomic E-state index is 13.0. The molecule has 2 aromatic carbocycles. The number of carbonyl (C=O) groups excluding carboxylic acids is 2. The minimum Gasteiger partial charge on any atom is -0.267 e. The predicted molar refractivity (Wildman–Crippen MR) is 110 cm³/mol. The van der Waals surface area contributed by atoms with E-state index in [2.05, 4.69) is 10.9 Å². The summed E-state index contributed by atoms with van der Waals surface area (Å²) < 4.78 is 27.5. The zero-order valence-corrected chi connectivity index (χ0v) is 17.4. The van der Waals surface area contributed by atoms with Crippen molar-refractivity contribution in [2.75, 3.05) is 13.1 Å². The highest BCUT2D eigenvalue weighted by Gasteiger charge is 2.28. The van der Waals surface area contributed by atoms with Gasteiger partial charge < -0.3 is 0 Å². The van der Waals surface area contributed by atoms with E-state index in [1.165, 1.54) is 10.4 Å². The maximum atomic E-state index is 13.0. The second-order valence-electron chi connectivity index (χ2n) is 7.17. The van der Waals surface area contributed by atoms with Gasteiger partial charge in [-0.3, -0.25) is 20.4 Å². The molecule has 2 N–H and O–H groups in total. The van der Waals surface area contributed by atoms with Crippen LogP contribution in [0.15, 0.2) is 47.4 Å². The monoisotopic (exact) mass is 415 g/mol. The first-order valence-corrected chi connectivity index (χ1v) is 11.0. The molecule has 1 fully saturated rings. The predicted octanol–water partition coefficient (Wildman–Crippen LogP) is 2.55. The van der Waals surface area contributed by atoms with Crippen molar-refractivity contribution in [2.24, 2.45) is 0 Å². The van der Waals surface area contributed by atoms with Crippen LogP contribution in [0.5, 0.6) is 0 Å². The molecule has 0 spiro atoms. The highest BCUT2D eigenvalue weighted by atomic mass is 32.2. The Bertz CT molecular complexity index is 1030. The standard InChI is InChI=1S/C21H25N3O4S/c1-15-8-4-5-9-18(15)21(26)23-22-20(25)17-11-10-16(2)19(14-17)29(27,28)24-12-6-3-7-13-24/h4-5,8-11,14H,3,6-7,12-13H2,1-2H3,(H,22,25)(H,23,26). The molecule has 0 unspecified atom stereocenters. The number of benzene rings is 2. The van der Waals surface area contributed by atoms with Gasteiger partial charge in [-0.25, -0.2) is 8.42 Å². The molecule has 1 aliphatic rings. The van der Waals surface area contributed by atoms with E-state index in [1.807, 2.05) is 6.07 Å². The lowest BCUT2D eigenvalue weighted by atomic mass is 10.1. The summed E-state index contributed by atoms with van der Waals surface area (Å²) >= 11 is 0. The second kappa shape index (κ2) is 8.75. The van der Waals surface area contributed by atoms with Gasteiger partial charge in [0.2, 0.25) is 10.0 Å². The molecule has 154 valence electrons. The third kappa shape index (κ3) is 4.65. The number of hydrogen-bond donors (Lipinski definition) is 2. The topological polar surface area (TPSA) is 95.6 Å². The molecule has 0 bridgehead atoms. The summed E-state index contributed by atoms with van der Waals surface area (Å²) in [5.41, 5.74) is 6.71. The van der Waals surface area contributed by atoms with Crippen molar-refractivity contribution in [3.05, 3.63) is 64.7 Å². The fraction of sp³-hybridized carbons (Fsp3) is 0.333. The molecule has 2 aromatic rings. The Kier molecular flexibility index (Phi) is 6.34. The Morgan fingerprint density at radius 2 is 1.52 bits per heavy atom. The van der Waals surface area contributed by atoms with Crippen LogP contribution in [0, 0.1) is 13.8 Å². The zero-order chi connectivity index (χ0) is 21.0. The summed E-state index contributed by atoms with van der Waals surface area (Å²) in [6.07, 6.45) is 2.70. The lowest BCUT2D eigenvalue weighted by Crippen LogP contribution is -2.42. The fourth-order valence-corrected chi connectivity index (χ4v) is 5.11. The highest BCUT2D eigenvalue weighted by molar-refractivity contribution is 7.89. The van der Waals surface area contributed by atoms with E-state index in [0.717, 1.165) is 24.8 Å². The molecule has 0 saturated carbocycles. The van der Waals surface area contributed by atoms with Gasteiger partial charge in [0.1, 0.15) is 0 Å². The average Bonchev–Trinajstić information content (AvgIpc) is 2.73. The molecule has 1 aliphatic heterocycles. The third-order valence-electron chi connectivity index (χ3n) is 5.06. The lowest BCUT2D eigenvalue weighted by molar-refractivity contribution is 0.0846. The highest BCUT2D eigenvalue weighted by Crippen LogP contribution is 2.24. The van der Waals surface area contributed by atoms with Crippen molar-refractivity contribution < 1.29 is 18.0 Å². The molecule has 3 rings (SSSR count). The van der Waals surface area contributed by atoms with Gasteiger partial charge in [0.25, 0.3) is 11.8 Å². The van der Waals surface area contributed by atoms with Crippen molar-refractivity contribution in [1.82, 2.24) is 15.2 Å². The zero-order valence-electron chi connectivity index (χ0n) is 16.6. The van der Waals surface area contributed by atoms with Crippen molar-refractivity contribution in [3.8, 4) is 0 Å². The van der Waals surface area contributed by atoms with Gasteiger partial charge in [0, 0.05) is 24.2 Å². The summed E-state index contributed by atoms with van der Waals surface area (Å²) in [5.74, 6) is -1.02. The number of nitrogens with zero attached hydrogens (tertiary/aromatic N) is 1. The van der Waals surface area contributed by atoms with Gasteiger partial charge in [-0.2, -0.15) is 4.31 Å². The number of piperidine rings is 1. The van der Waals surface area contributed by atoms with Crippen LogP contribution in [0.25, 0.3) is 0 Å². The van der Waals surface area contributed by atoms with Crippen molar-refractivity contribution in [2.45, 2.75) is 38.0 Å². The van der Waals surface area contributed by atoms with Crippen LogP contribution in [0.4, 0.5) is 0 Å². The fourth-order valence-electron chi connectivity index (χ4n) is 3.34. The number of amides is 2. The summed E-state index contributed by atoms with van der Waals surface area (Å²) in [6, 6.07) is 11.5. The first kappa shape index (κ1) is 21.0. The van der Waals surface area contributed by atoms with Crippen molar-refractivity contribution in [3.63, 3.8) is 0 Å². The van der Waals surface area contributed by atoms with E-state index in [1.54, 1.807) is 44.2 Å². The Morgan fingerprint density at radius 3 is 2.21 bits per heavy atom. The number of hydrazine groups is 1. The van der Waals surface area contributed by atoms with E-state index in [9.17, 15) is 18.0 Å². The van der Waals surface area contributed by atoms with Crippen molar-refractivity contribution in [1.29, 1.82) is 0 Å². The Morgan fingerprint density at radius 1 is 0.862 bits per heavy atom. The quantitative estimate of drug-likeness (QED) is 0.750. The largest absolute Gasteiger partial charge is 0.269 e. The van der Waals surface area contributed by atoms with Crippen LogP contribution in [0.3, 0.4) is 0 Å². The first-order chi connectivity index (χ1) is 13.8. The van der Waals surface area contributed by atoms with Crippen LogP contribution in [0.1, 0.15) is 51.1 Å². The Labute approximate surface area is 171 Å². The van der Waals surface area contributed by atoms with E-state index in [-0.39, 0.29) is 10.5 Å². The van der Waals surface area contributed by atoms with Gasteiger partial charge >= 0.3 is 0 Å². The number of carbonyl (C=O) groups is 2. The molecule has 8 heteroatoms. The smallest absolute Gasteiger partial charge is 0.267 e. The third-order valence-corrected chi connectivity index (χ3v) is 7.10. The normalized spacial score (nSPS) is 15.0. The summed E-state index contributed by atoms with van der Waals surface area (Å²) in [6.45, 7) is 4.49. The van der Waals surface area contributed by atoms with E-state index < -0.39 is 21.8 Å². The van der Waals surface area contributed by atoms with Gasteiger partial charge in [-0.1, -0.05) is 30.7 Å². The van der Waals surface area contributed by atoms with E-state index >= 15 is 0 Å². The molecule has 0 radical (unpaired) electrons. The molecule has 1 saturated heterocycles. The maximum Gasteiger partial charge on any atom is 0.269 e. The summed E-state index contributed by atoms with van der Waals surface area (Å²) in [5, 5.41) is 0. The minimum absolute atomic E-state index is 0.122. The number of nitrogens with one attached hydrogen (secondary N) is 2. The van der Waals surface area contributed by atoms with Gasteiger partial charge in [0.15, 0.2) is 0 Å². The molecule has 2 amide bonds. The van der Waals surface area contributed by atoms with Crippen LogP contribution < -0.4 is 10.9 Å².